The average molecular weight is 145 g/mol. The summed E-state index contributed by atoms with van der Waals surface area (Å²) in [6.45, 7) is 6.67. The minimum atomic E-state index is 0.914. The molecule has 1 radical (unpaired) electrons. The number of rotatable bonds is 5. The van der Waals surface area contributed by atoms with Crippen LogP contribution in [0.15, 0.2) is 0 Å². The summed E-state index contributed by atoms with van der Waals surface area (Å²) in [6.07, 6.45) is 2.69. The molecule has 0 bridgehead atoms. The van der Waals surface area contributed by atoms with Gasteiger partial charge >= 0.3 is 0 Å². The van der Waals surface area contributed by atoms with Gasteiger partial charge in [0.1, 0.15) is 0 Å². The first kappa shape index (κ1) is 9.35. The van der Waals surface area contributed by atoms with Crippen LogP contribution in [0.25, 0.3) is 0 Å². The summed E-state index contributed by atoms with van der Waals surface area (Å²) in [5, 5.41) is 0. The first-order valence-electron chi connectivity index (χ1n) is 3.70. The van der Waals surface area contributed by atoms with Crippen molar-refractivity contribution in [3.05, 3.63) is 5.75 Å². The van der Waals surface area contributed by atoms with E-state index in [1.807, 2.05) is 11.8 Å². The van der Waals surface area contributed by atoms with Gasteiger partial charge in [0, 0.05) is 5.75 Å². The van der Waals surface area contributed by atoms with Crippen molar-refractivity contribution >= 4 is 11.8 Å². The molecule has 55 valence electrons. The largest absolute Gasteiger partial charge is 0.158 e. The Labute approximate surface area is 63.4 Å². The van der Waals surface area contributed by atoms with Crippen LogP contribution >= 0.6 is 11.8 Å². The van der Waals surface area contributed by atoms with E-state index in [-0.39, 0.29) is 0 Å². The van der Waals surface area contributed by atoms with Crippen molar-refractivity contribution in [2.75, 3.05) is 5.75 Å². The number of hydrogen-bond acceptors (Lipinski definition) is 1. The van der Waals surface area contributed by atoms with Crippen molar-refractivity contribution in [2.24, 2.45) is 5.92 Å². The highest BCUT2D eigenvalue weighted by molar-refractivity contribution is 8.01. The SMILES string of the molecule is C[CH]SCCC(C)CC. The Morgan fingerprint density at radius 1 is 1.56 bits per heavy atom. The molecule has 0 aliphatic heterocycles. The molecular formula is C8H17S. The predicted molar refractivity (Wildman–Crippen MR) is 46.5 cm³/mol. The normalized spacial score (nSPS) is 13.7. The van der Waals surface area contributed by atoms with E-state index in [2.05, 4.69) is 26.5 Å². The lowest BCUT2D eigenvalue weighted by Crippen LogP contribution is -1.92. The highest BCUT2D eigenvalue weighted by Gasteiger charge is 1.96. The lowest BCUT2D eigenvalue weighted by Gasteiger charge is -2.05. The van der Waals surface area contributed by atoms with Crippen molar-refractivity contribution in [1.82, 2.24) is 0 Å². The summed E-state index contributed by atoms with van der Waals surface area (Å²) in [5.74, 6) is 4.38. The molecule has 1 heteroatoms. The van der Waals surface area contributed by atoms with Crippen LogP contribution in [0.3, 0.4) is 0 Å². The molecule has 1 atom stereocenters. The van der Waals surface area contributed by atoms with Gasteiger partial charge in [-0.25, -0.2) is 0 Å². The van der Waals surface area contributed by atoms with Crippen molar-refractivity contribution < 1.29 is 0 Å². The average Bonchev–Trinajstić information content (AvgIpc) is 1.89. The van der Waals surface area contributed by atoms with Crippen molar-refractivity contribution in [3.63, 3.8) is 0 Å². The Balaban J connectivity index is 2.88. The summed E-state index contributed by atoms with van der Waals surface area (Å²) < 4.78 is 0. The van der Waals surface area contributed by atoms with Gasteiger partial charge in [0.25, 0.3) is 0 Å². The van der Waals surface area contributed by atoms with Crippen LogP contribution in [0, 0.1) is 11.7 Å². The van der Waals surface area contributed by atoms with Crippen LogP contribution in [-0.4, -0.2) is 5.75 Å². The monoisotopic (exact) mass is 145 g/mol. The second kappa shape index (κ2) is 6.47. The van der Waals surface area contributed by atoms with Crippen LogP contribution in [-0.2, 0) is 0 Å². The zero-order valence-corrected chi connectivity index (χ0v) is 7.50. The lowest BCUT2D eigenvalue weighted by molar-refractivity contribution is 0.549. The van der Waals surface area contributed by atoms with E-state index in [1.54, 1.807) is 0 Å². The van der Waals surface area contributed by atoms with E-state index in [9.17, 15) is 0 Å². The van der Waals surface area contributed by atoms with Gasteiger partial charge in [-0.15, -0.1) is 0 Å². The zero-order chi connectivity index (χ0) is 7.11. The summed E-state index contributed by atoms with van der Waals surface area (Å²) in [4.78, 5) is 0. The fraction of sp³-hybridized carbons (Fsp3) is 0.875. The zero-order valence-electron chi connectivity index (χ0n) is 6.68. The third-order valence-electron chi connectivity index (χ3n) is 1.59. The molecule has 9 heavy (non-hydrogen) atoms. The molecule has 0 aromatic carbocycles. The fourth-order valence-corrected chi connectivity index (χ4v) is 1.37. The van der Waals surface area contributed by atoms with Crippen LogP contribution in [0.4, 0.5) is 0 Å². The van der Waals surface area contributed by atoms with Gasteiger partial charge in [-0.2, -0.15) is 11.8 Å². The summed E-state index contributed by atoms with van der Waals surface area (Å²) >= 11 is 1.93. The minimum Gasteiger partial charge on any atom is -0.158 e. The van der Waals surface area contributed by atoms with Gasteiger partial charge in [-0.3, -0.25) is 0 Å². The number of thioether (sulfide) groups is 1. The Kier molecular flexibility index (Phi) is 6.72. The van der Waals surface area contributed by atoms with Gasteiger partial charge in [0.05, 0.1) is 0 Å². The van der Waals surface area contributed by atoms with Crippen molar-refractivity contribution in [1.29, 1.82) is 0 Å². The smallest absolute Gasteiger partial charge is 0.0135 e. The fourth-order valence-electron chi connectivity index (χ4n) is 0.591. The Bertz CT molecular complexity index is 52.5. The van der Waals surface area contributed by atoms with Crippen molar-refractivity contribution in [3.8, 4) is 0 Å². The van der Waals surface area contributed by atoms with Gasteiger partial charge in [-0.1, -0.05) is 27.2 Å². The Morgan fingerprint density at radius 3 is 2.67 bits per heavy atom. The van der Waals surface area contributed by atoms with E-state index in [4.69, 9.17) is 0 Å². The van der Waals surface area contributed by atoms with E-state index >= 15 is 0 Å². The number of hydrogen-bond donors (Lipinski definition) is 0. The molecule has 0 heterocycles. The molecule has 0 aliphatic carbocycles. The summed E-state index contributed by atoms with van der Waals surface area (Å²) in [5.41, 5.74) is 0. The first-order chi connectivity index (χ1) is 4.31. The molecule has 0 N–H and O–H groups in total. The van der Waals surface area contributed by atoms with Gasteiger partial charge in [-0.05, 0) is 18.1 Å². The molecule has 0 nitrogen and oxygen atoms in total. The maximum atomic E-state index is 2.32. The molecule has 1 unspecified atom stereocenters. The second-order valence-corrected chi connectivity index (χ2v) is 3.62. The van der Waals surface area contributed by atoms with E-state index in [0.717, 1.165) is 5.92 Å². The van der Waals surface area contributed by atoms with E-state index in [1.165, 1.54) is 18.6 Å². The first-order valence-corrected chi connectivity index (χ1v) is 4.75. The van der Waals surface area contributed by atoms with Gasteiger partial charge in [0.2, 0.25) is 0 Å². The highest BCUT2D eigenvalue weighted by Crippen LogP contribution is 2.13. The maximum absolute atomic E-state index is 2.32. The minimum absolute atomic E-state index is 0.914. The summed E-state index contributed by atoms with van der Waals surface area (Å²) in [6, 6.07) is 0. The van der Waals surface area contributed by atoms with Crippen molar-refractivity contribution in [2.45, 2.75) is 33.6 Å². The summed E-state index contributed by atoms with van der Waals surface area (Å²) in [7, 11) is 0. The molecule has 0 saturated heterocycles. The topological polar surface area (TPSA) is 0 Å². The van der Waals surface area contributed by atoms with Crippen LogP contribution in [0.2, 0.25) is 0 Å². The van der Waals surface area contributed by atoms with Crippen LogP contribution in [0.1, 0.15) is 33.6 Å². The standard InChI is InChI=1S/C8H17S/c1-4-8(3)6-7-9-5-2/h5,8H,4,6-7H2,1-3H3. The molecule has 0 amide bonds. The quantitative estimate of drug-likeness (QED) is 0.535. The van der Waals surface area contributed by atoms with Crippen LogP contribution in [0.5, 0.6) is 0 Å². The van der Waals surface area contributed by atoms with E-state index < -0.39 is 0 Å². The molecule has 0 aliphatic rings. The molecule has 0 fully saturated rings. The van der Waals surface area contributed by atoms with E-state index in [0.29, 0.717) is 0 Å². The highest BCUT2D eigenvalue weighted by atomic mass is 32.2. The Morgan fingerprint density at radius 2 is 2.22 bits per heavy atom. The maximum Gasteiger partial charge on any atom is 0.0135 e. The Hall–Kier alpha value is 0.350. The molecule has 0 saturated carbocycles. The molecule has 0 aromatic heterocycles. The molecule has 0 rings (SSSR count). The van der Waals surface area contributed by atoms with Gasteiger partial charge < -0.3 is 0 Å². The predicted octanol–water partition coefficient (Wildman–Crippen LogP) is 3.34. The molecule has 0 aromatic rings. The molecule has 0 spiro atoms. The second-order valence-electron chi connectivity index (χ2n) is 2.41. The third kappa shape index (κ3) is 6.23. The third-order valence-corrected chi connectivity index (χ3v) is 2.40. The molecular weight excluding hydrogens is 128 g/mol. The van der Waals surface area contributed by atoms with Gasteiger partial charge in [0.15, 0.2) is 0 Å². The van der Waals surface area contributed by atoms with Crippen LogP contribution < -0.4 is 0 Å². The lowest BCUT2D eigenvalue weighted by atomic mass is 10.1.